The van der Waals surface area contributed by atoms with Crippen molar-refractivity contribution in [2.24, 2.45) is 5.92 Å². The van der Waals surface area contributed by atoms with Gasteiger partial charge in [-0.05, 0) is 49.6 Å². The van der Waals surface area contributed by atoms with Gasteiger partial charge in [0, 0.05) is 75.5 Å². The SMILES string of the molecule is C=CC(=O)N1CC(CCN2CC=Cc3cnc(Nc4ccc(N5CCN(C(=O)[C@H](C)O)CC5)cc4)nc32)C1. The third-order valence-electron chi connectivity index (χ3n) is 7.41. The van der Waals surface area contributed by atoms with E-state index >= 15 is 0 Å². The van der Waals surface area contributed by atoms with E-state index in [9.17, 15) is 14.7 Å². The Morgan fingerprint density at radius 3 is 2.58 bits per heavy atom. The minimum atomic E-state index is -0.955. The Hall–Kier alpha value is -3.92. The van der Waals surface area contributed by atoms with Crippen LogP contribution in [0.3, 0.4) is 0 Å². The average molecular weight is 518 g/mol. The van der Waals surface area contributed by atoms with Crippen LogP contribution in [-0.2, 0) is 9.59 Å². The Morgan fingerprint density at radius 2 is 1.89 bits per heavy atom. The summed E-state index contributed by atoms with van der Waals surface area (Å²) in [5.41, 5.74) is 2.99. The Bertz CT molecular complexity index is 1200. The number of likely N-dealkylation sites (tertiary alicyclic amines) is 1. The number of piperazine rings is 1. The van der Waals surface area contributed by atoms with Crippen molar-refractivity contribution in [3.8, 4) is 0 Å². The van der Waals surface area contributed by atoms with Crippen molar-refractivity contribution in [1.29, 1.82) is 0 Å². The number of fused-ring (bicyclic) bond motifs is 1. The van der Waals surface area contributed by atoms with Crippen LogP contribution in [0.2, 0.25) is 0 Å². The molecule has 1 aromatic carbocycles. The maximum absolute atomic E-state index is 12.0. The van der Waals surface area contributed by atoms with Crippen LogP contribution in [0, 0.1) is 5.92 Å². The van der Waals surface area contributed by atoms with Gasteiger partial charge < -0.3 is 30.0 Å². The maximum atomic E-state index is 12.0. The number of carbonyl (C=O) groups is 2. The van der Waals surface area contributed by atoms with Gasteiger partial charge in [-0.2, -0.15) is 4.98 Å². The van der Waals surface area contributed by atoms with Gasteiger partial charge in [-0.15, -0.1) is 0 Å². The molecule has 4 heterocycles. The molecule has 2 fully saturated rings. The Labute approximate surface area is 223 Å². The number of hydrogen-bond donors (Lipinski definition) is 2. The van der Waals surface area contributed by atoms with Gasteiger partial charge in [0.05, 0.1) is 0 Å². The van der Waals surface area contributed by atoms with E-state index in [-0.39, 0.29) is 11.8 Å². The molecule has 2 amide bonds. The molecular weight excluding hydrogens is 482 g/mol. The van der Waals surface area contributed by atoms with Gasteiger partial charge in [0.15, 0.2) is 0 Å². The zero-order valence-electron chi connectivity index (χ0n) is 21.8. The standard InChI is InChI=1S/C28H35N7O3/c1-3-25(37)35-18-21(19-35)10-12-33-11-4-5-22-17-29-28(31-26(22)33)30-23-6-8-24(9-7-23)32-13-15-34(16-14-32)27(38)20(2)36/h3-9,17,20-21,36H,1,10-16,18-19H2,2H3,(H,29,30,31)/t20-/m0/s1. The highest BCUT2D eigenvalue weighted by Gasteiger charge is 2.30. The van der Waals surface area contributed by atoms with Crippen molar-refractivity contribution in [2.45, 2.75) is 19.4 Å². The molecule has 3 aliphatic rings. The maximum Gasteiger partial charge on any atom is 0.251 e. The quantitative estimate of drug-likeness (QED) is 0.513. The van der Waals surface area contributed by atoms with Crippen molar-refractivity contribution < 1.29 is 14.7 Å². The second-order valence-corrected chi connectivity index (χ2v) is 10.1. The molecule has 0 unspecified atom stereocenters. The van der Waals surface area contributed by atoms with E-state index in [1.807, 2.05) is 23.2 Å². The van der Waals surface area contributed by atoms with Gasteiger partial charge in [0.2, 0.25) is 11.9 Å². The minimum absolute atomic E-state index is 0.00997. The largest absolute Gasteiger partial charge is 0.384 e. The number of aromatic nitrogens is 2. The van der Waals surface area contributed by atoms with Crippen LogP contribution in [-0.4, -0.2) is 95.2 Å². The van der Waals surface area contributed by atoms with Crippen LogP contribution >= 0.6 is 0 Å². The molecule has 2 aromatic rings. The topological polar surface area (TPSA) is 105 Å². The number of nitrogens with one attached hydrogen (secondary N) is 1. The Kier molecular flexibility index (Phi) is 7.59. The highest BCUT2D eigenvalue weighted by molar-refractivity contribution is 5.87. The normalized spacial score (nSPS) is 18.1. The lowest BCUT2D eigenvalue weighted by atomic mass is 9.95. The van der Waals surface area contributed by atoms with Crippen molar-refractivity contribution in [2.75, 3.05) is 67.5 Å². The summed E-state index contributed by atoms with van der Waals surface area (Å²) in [4.78, 5) is 41.1. The van der Waals surface area contributed by atoms with E-state index in [0.717, 1.165) is 68.4 Å². The first-order valence-electron chi connectivity index (χ1n) is 13.2. The average Bonchev–Trinajstić information content (AvgIpc) is 2.92. The number of aliphatic hydroxyl groups is 1. The third-order valence-corrected chi connectivity index (χ3v) is 7.41. The number of anilines is 4. The van der Waals surface area contributed by atoms with Crippen LogP contribution in [0.15, 0.2) is 49.2 Å². The minimum Gasteiger partial charge on any atom is -0.384 e. The second-order valence-electron chi connectivity index (χ2n) is 10.1. The van der Waals surface area contributed by atoms with Gasteiger partial charge in [-0.25, -0.2) is 4.98 Å². The summed E-state index contributed by atoms with van der Waals surface area (Å²) in [6.07, 6.45) is 7.47. The molecule has 1 aromatic heterocycles. The number of carbonyl (C=O) groups excluding carboxylic acids is 2. The molecule has 10 nitrogen and oxygen atoms in total. The number of benzene rings is 1. The van der Waals surface area contributed by atoms with Crippen LogP contribution in [0.25, 0.3) is 6.08 Å². The highest BCUT2D eigenvalue weighted by Crippen LogP contribution is 2.28. The number of hydrogen-bond acceptors (Lipinski definition) is 8. The van der Waals surface area contributed by atoms with E-state index in [0.29, 0.717) is 25.0 Å². The fraction of sp³-hybridized carbons (Fsp3) is 0.429. The van der Waals surface area contributed by atoms with Crippen LogP contribution in [0.5, 0.6) is 0 Å². The summed E-state index contributed by atoms with van der Waals surface area (Å²) in [5.74, 6) is 1.78. The molecule has 2 saturated heterocycles. The molecule has 0 aliphatic carbocycles. The molecule has 5 rings (SSSR count). The fourth-order valence-corrected chi connectivity index (χ4v) is 5.14. The summed E-state index contributed by atoms with van der Waals surface area (Å²) in [6, 6.07) is 8.13. The predicted octanol–water partition coefficient (Wildman–Crippen LogP) is 2.12. The molecule has 0 bridgehead atoms. The van der Waals surface area contributed by atoms with Gasteiger partial charge in [0.25, 0.3) is 5.91 Å². The molecule has 10 heteroatoms. The number of rotatable bonds is 8. The van der Waals surface area contributed by atoms with Crippen molar-refractivity contribution in [3.05, 3.63) is 54.8 Å². The van der Waals surface area contributed by atoms with Crippen molar-refractivity contribution >= 4 is 41.0 Å². The molecule has 0 spiro atoms. The monoisotopic (exact) mass is 517 g/mol. The van der Waals surface area contributed by atoms with Gasteiger partial charge in [0.1, 0.15) is 11.9 Å². The molecule has 0 saturated carbocycles. The van der Waals surface area contributed by atoms with E-state index in [2.05, 4.69) is 51.0 Å². The number of amides is 2. The Balaban J connectivity index is 1.16. The lowest BCUT2D eigenvalue weighted by Crippen LogP contribution is -2.51. The lowest BCUT2D eigenvalue weighted by molar-refractivity contribution is -0.139. The molecular formula is C28H35N7O3. The summed E-state index contributed by atoms with van der Waals surface area (Å²) in [5, 5.41) is 12.9. The fourth-order valence-electron chi connectivity index (χ4n) is 5.14. The van der Waals surface area contributed by atoms with Gasteiger partial charge in [-0.1, -0.05) is 18.7 Å². The zero-order chi connectivity index (χ0) is 26.6. The molecule has 38 heavy (non-hydrogen) atoms. The van der Waals surface area contributed by atoms with Crippen LogP contribution in [0.1, 0.15) is 18.9 Å². The van der Waals surface area contributed by atoms with E-state index in [4.69, 9.17) is 4.98 Å². The lowest BCUT2D eigenvalue weighted by Gasteiger charge is -2.40. The second kappa shape index (κ2) is 11.2. The summed E-state index contributed by atoms with van der Waals surface area (Å²) in [7, 11) is 0. The van der Waals surface area contributed by atoms with E-state index < -0.39 is 6.10 Å². The summed E-state index contributed by atoms with van der Waals surface area (Å²) >= 11 is 0. The zero-order valence-corrected chi connectivity index (χ0v) is 21.8. The third kappa shape index (κ3) is 5.65. The van der Waals surface area contributed by atoms with Gasteiger partial charge in [-0.3, -0.25) is 9.59 Å². The predicted molar refractivity (Wildman–Crippen MR) is 148 cm³/mol. The first kappa shape index (κ1) is 25.7. The number of aliphatic hydroxyl groups excluding tert-OH is 1. The molecule has 3 aliphatic heterocycles. The molecule has 200 valence electrons. The highest BCUT2D eigenvalue weighted by atomic mass is 16.3. The van der Waals surface area contributed by atoms with Crippen LogP contribution in [0.4, 0.5) is 23.1 Å². The van der Waals surface area contributed by atoms with Crippen molar-refractivity contribution in [1.82, 2.24) is 19.8 Å². The Morgan fingerprint density at radius 1 is 1.16 bits per heavy atom. The first-order chi connectivity index (χ1) is 18.4. The van der Waals surface area contributed by atoms with E-state index in [1.165, 1.54) is 13.0 Å². The molecule has 0 radical (unpaired) electrons. The van der Waals surface area contributed by atoms with Gasteiger partial charge >= 0.3 is 0 Å². The number of nitrogens with zero attached hydrogens (tertiary/aromatic N) is 6. The van der Waals surface area contributed by atoms with E-state index in [1.54, 1.807) is 4.90 Å². The molecule has 2 N–H and O–H groups in total. The first-order valence-corrected chi connectivity index (χ1v) is 13.2. The van der Waals surface area contributed by atoms with Crippen molar-refractivity contribution in [3.63, 3.8) is 0 Å². The smallest absolute Gasteiger partial charge is 0.251 e. The summed E-state index contributed by atoms with van der Waals surface area (Å²) < 4.78 is 0. The summed E-state index contributed by atoms with van der Waals surface area (Å²) in [6.45, 7) is 11.0. The van der Waals surface area contributed by atoms with Crippen LogP contribution < -0.4 is 15.1 Å². The molecule has 1 atom stereocenters.